The number of aromatic nitrogens is 2. The first-order valence-corrected chi connectivity index (χ1v) is 14.8. The maximum absolute atomic E-state index is 13.1. The number of likely N-dealkylation sites (N-methyl/N-ethyl adjacent to an activating group) is 2. The van der Waals surface area contributed by atoms with Crippen LogP contribution >= 0.6 is 0 Å². The second-order valence-corrected chi connectivity index (χ2v) is 11.3. The van der Waals surface area contributed by atoms with Gasteiger partial charge in [0.15, 0.2) is 5.60 Å². The zero-order valence-corrected chi connectivity index (χ0v) is 24.6. The number of hydrogen-bond donors (Lipinski definition) is 1. The van der Waals surface area contributed by atoms with E-state index in [2.05, 4.69) is 59.1 Å². The van der Waals surface area contributed by atoms with E-state index in [1.54, 1.807) is 0 Å². The molecule has 2 aliphatic rings. The quantitative estimate of drug-likeness (QED) is 0.202. The van der Waals surface area contributed by atoms with Crippen LogP contribution in [0.1, 0.15) is 50.7 Å². The number of esters is 1. The minimum atomic E-state index is -0.843. The topological polar surface area (TPSA) is 83.7 Å². The Morgan fingerprint density at radius 3 is 2.93 bits per heavy atom. The summed E-state index contributed by atoms with van der Waals surface area (Å²) in [6, 6.07) is 8.34. The number of aliphatic imine (C=N–C) groups is 1. The van der Waals surface area contributed by atoms with E-state index in [1.807, 2.05) is 31.4 Å². The van der Waals surface area contributed by atoms with Crippen LogP contribution in [-0.4, -0.2) is 73.5 Å². The predicted octanol–water partition coefficient (Wildman–Crippen LogP) is 5.14. The number of nitrogens with one attached hydrogen (secondary N) is 1. The zero-order chi connectivity index (χ0) is 28.6. The number of carbonyl (C=O) groups is 1. The molecule has 1 atom stereocenters. The van der Waals surface area contributed by atoms with Crippen LogP contribution in [0.5, 0.6) is 0 Å². The first-order chi connectivity index (χ1) is 20.0. The highest BCUT2D eigenvalue weighted by Crippen LogP contribution is 2.44. The highest BCUT2D eigenvalue weighted by Gasteiger charge is 2.40. The van der Waals surface area contributed by atoms with Crippen LogP contribution in [-0.2, 0) is 26.5 Å². The SMILES string of the molecule is CCCCCN1C=Nc2cccc3nc4c(cn5cc6c(cc45)[C@](CC)(OC(=O)CN(C)CCNC)COC6)c1c23. The van der Waals surface area contributed by atoms with E-state index in [0.29, 0.717) is 19.6 Å². The van der Waals surface area contributed by atoms with Crippen LogP contribution in [0, 0.1) is 0 Å². The Bertz CT molecular complexity index is 1630. The molecule has 0 bridgehead atoms. The molecule has 0 fully saturated rings. The lowest BCUT2D eigenvalue weighted by Gasteiger charge is -2.38. The van der Waals surface area contributed by atoms with Gasteiger partial charge in [-0.3, -0.25) is 9.69 Å². The van der Waals surface area contributed by atoms with Crippen LogP contribution in [0.4, 0.5) is 11.4 Å². The summed E-state index contributed by atoms with van der Waals surface area (Å²) < 4.78 is 14.5. The Hall–Kier alpha value is -3.53. The highest BCUT2D eigenvalue weighted by atomic mass is 16.6. The van der Waals surface area contributed by atoms with Gasteiger partial charge in [-0.15, -0.1) is 0 Å². The first-order valence-electron chi connectivity index (χ1n) is 14.8. The Balaban J connectivity index is 1.46. The van der Waals surface area contributed by atoms with Gasteiger partial charge in [-0.05, 0) is 45.1 Å². The van der Waals surface area contributed by atoms with E-state index < -0.39 is 5.60 Å². The molecule has 0 radical (unpaired) electrons. The number of ether oxygens (including phenoxy) is 2. The van der Waals surface area contributed by atoms with Gasteiger partial charge in [0.25, 0.3) is 0 Å². The molecule has 0 spiro atoms. The van der Waals surface area contributed by atoms with Crippen LogP contribution in [0.15, 0.2) is 41.7 Å². The molecular formula is C32H40N6O3. The molecule has 0 saturated carbocycles. The number of hydrogen-bond acceptors (Lipinski definition) is 8. The van der Waals surface area contributed by atoms with Gasteiger partial charge in [-0.25, -0.2) is 9.98 Å². The van der Waals surface area contributed by atoms with Crippen molar-refractivity contribution in [2.45, 2.75) is 51.7 Å². The summed E-state index contributed by atoms with van der Waals surface area (Å²) in [5.41, 5.74) is 6.20. The summed E-state index contributed by atoms with van der Waals surface area (Å²) in [6.07, 6.45) is 10.3. The first kappa shape index (κ1) is 27.6. The molecule has 9 heteroatoms. The maximum Gasteiger partial charge on any atom is 0.321 e. The lowest BCUT2D eigenvalue weighted by atomic mass is 9.87. The van der Waals surface area contributed by atoms with Gasteiger partial charge >= 0.3 is 5.97 Å². The van der Waals surface area contributed by atoms with Crippen LogP contribution < -0.4 is 10.2 Å². The molecule has 6 rings (SSSR count). The Kier molecular flexibility index (Phi) is 7.68. The van der Waals surface area contributed by atoms with E-state index in [1.165, 1.54) is 18.5 Å². The largest absolute Gasteiger partial charge is 0.451 e. The predicted molar refractivity (Wildman–Crippen MR) is 164 cm³/mol. The zero-order valence-electron chi connectivity index (χ0n) is 24.6. The van der Waals surface area contributed by atoms with Crippen LogP contribution in [0.25, 0.3) is 27.3 Å². The average Bonchev–Trinajstić information content (AvgIpc) is 3.33. The van der Waals surface area contributed by atoms with Crippen molar-refractivity contribution in [3.8, 4) is 0 Å². The van der Waals surface area contributed by atoms with Gasteiger partial charge in [-0.2, -0.15) is 0 Å². The van der Waals surface area contributed by atoms with Crippen molar-refractivity contribution in [2.24, 2.45) is 4.99 Å². The molecule has 0 amide bonds. The highest BCUT2D eigenvalue weighted by molar-refractivity contribution is 6.19. The fourth-order valence-corrected chi connectivity index (χ4v) is 6.20. The summed E-state index contributed by atoms with van der Waals surface area (Å²) in [5.74, 6) is -0.245. The molecule has 41 heavy (non-hydrogen) atoms. The fraction of sp³-hybridized carbons (Fsp3) is 0.469. The molecule has 9 nitrogen and oxygen atoms in total. The third kappa shape index (κ3) is 4.96. The number of pyridine rings is 2. The van der Waals surface area contributed by atoms with Crippen molar-refractivity contribution in [2.75, 3.05) is 51.8 Å². The monoisotopic (exact) mass is 556 g/mol. The van der Waals surface area contributed by atoms with Crippen LogP contribution in [0.3, 0.4) is 0 Å². The molecule has 3 aromatic heterocycles. The van der Waals surface area contributed by atoms with Gasteiger partial charge in [0, 0.05) is 48.5 Å². The van der Waals surface area contributed by atoms with Gasteiger partial charge in [0.2, 0.25) is 0 Å². The molecule has 1 aromatic carbocycles. The van der Waals surface area contributed by atoms with Crippen molar-refractivity contribution < 1.29 is 14.3 Å². The molecule has 4 aromatic rings. The summed E-state index contributed by atoms with van der Waals surface area (Å²) in [5, 5.41) is 5.32. The lowest BCUT2D eigenvalue weighted by Crippen LogP contribution is -2.43. The number of nitrogens with zero attached hydrogens (tertiary/aromatic N) is 5. The Morgan fingerprint density at radius 2 is 2.12 bits per heavy atom. The molecule has 0 aliphatic carbocycles. The lowest BCUT2D eigenvalue weighted by molar-refractivity contribution is -0.174. The number of anilines is 1. The van der Waals surface area contributed by atoms with E-state index in [-0.39, 0.29) is 12.5 Å². The van der Waals surface area contributed by atoms with Crippen molar-refractivity contribution in [1.29, 1.82) is 0 Å². The van der Waals surface area contributed by atoms with E-state index in [0.717, 1.165) is 70.2 Å². The third-order valence-electron chi connectivity index (χ3n) is 8.44. The van der Waals surface area contributed by atoms with Crippen molar-refractivity contribution in [3.63, 3.8) is 0 Å². The standard InChI is InChI=1S/C32H40N6O3/c1-5-7-8-13-37-21-34-25-10-9-11-26-29(25)31(37)23-17-38-16-22-19-40-20-32(6-2,24(22)15-27(38)30(23)35-26)41-28(39)18-36(4)14-12-33-3/h9-11,15-17,21,33H,5-8,12-14,18-20H2,1-4H3/t32-/m1/s1. The Labute approximate surface area is 241 Å². The van der Waals surface area contributed by atoms with Gasteiger partial charge in [-0.1, -0.05) is 32.8 Å². The average molecular weight is 557 g/mol. The number of fused-ring (bicyclic) bond motifs is 5. The molecule has 2 aliphatic heterocycles. The van der Waals surface area contributed by atoms with E-state index in [9.17, 15) is 4.79 Å². The molecule has 0 saturated heterocycles. The van der Waals surface area contributed by atoms with Gasteiger partial charge in [0.05, 0.1) is 59.4 Å². The summed E-state index contributed by atoms with van der Waals surface area (Å²) in [4.78, 5) is 27.3. The molecule has 0 unspecified atom stereocenters. The normalized spacial score (nSPS) is 18.1. The molecule has 1 N–H and O–H groups in total. The maximum atomic E-state index is 13.1. The fourth-order valence-electron chi connectivity index (χ4n) is 6.20. The van der Waals surface area contributed by atoms with Gasteiger partial charge < -0.3 is 24.1 Å². The summed E-state index contributed by atoms with van der Waals surface area (Å²) in [7, 11) is 3.84. The van der Waals surface area contributed by atoms with E-state index in [4.69, 9.17) is 19.5 Å². The van der Waals surface area contributed by atoms with Gasteiger partial charge in [0.1, 0.15) is 0 Å². The summed E-state index contributed by atoms with van der Waals surface area (Å²) >= 11 is 0. The number of carbonyl (C=O) groups excluding carboxylic acids is 1. The summed E-state index contributed by atoms with van der Waals surface area (Å²) in [6.45, 7) is 7.80. The molecule has 216 valence electrons. The second-order valence-electron chi connectivity index (χ2n) is 11.3. The minimum Gasteiger partial charge on any atom is -0.451 e. The molecular weight excluding hydrogens is 516 g/mol. The number of benzene rings is 1. The third-order valence-corrected chi connectivity index (χ3v) is 8.44. The smallest absolute Gasteiger partial charge is 0.321 e. The minimum absolute atomic E-state index is 0.226. The van der Waals surface area contributed by atoms with Crippen LogP contribution in [0.2, 0.25) is 0 Å². The second kappa shape index (κ2) is 11.4. The van der Waals surface area contributed by atoms with Crippen molar-refractivity contribution in [1.82, 2.24) is 19.6 Å². The van der Waals surface area contributed by atoms with E-state index >= 15 is 0 Å². The van der Waals surface area contributed by atoms with Crippen molar-refractivity contribution >= 4 is 51.0 Å². The van der Waals surface area contributed by atoms with Crippen molar-refractivity contribution in [3.05, 3.63) is 47.8 Å². The number of rotatable bonds is 11. The molecule has 5 heterocycles. The number of unbranched alkanes of at least 4 members (excludes halogenated alkanes) is 2. The Morgan fingerprint density at radius 1 is 1.24 bits per heavy atom.